The number of carboxylic acids is 1. The Labute approximate surface area is 111 Å². The van der Waals surface area contributed by atoms with Gasteiger partial charge in [-0.1, -0.05) is 0 Å². The highest BCUT2D eigenvalue weighted by atomic mass is 19.4. The lowest BCUT2D eigenvalue weighted by Gasteiger charge is -2.27. The van der Waals surface area contributed by atoms with Crippen molar-refractivity contribution < 1.29 is 23.1 Å². The molecule has 1 fully saturated rings. The molecule has 1 rings (SSSR count). The van der Waals surface area contributed by atoms with E-state index in [1.807, 2.05) is 0 Å². The molecular formula is C12H21F3N2O2. The number of hydrogen-bond donors (Lipinski definition) is 2. The summed E-state index contributed by atoms with van der Waals surface area (Å²) in [6, 6.07) is 0.0206. The molecule has 1 aliphatic rings. The summed E-state index contributed by atoms with van der Waals surface area (Å²) in [5.74, 6) is -0.983. The van der Waals surface area contributed by atoms with Gasteiger partial charge in [0.2, 0.25) is 0 Å². The number of carbonyl (C=O) groups is 1. The molecule has 0 aromatic carbocycles. The molecule has 0 spiro atoms. The average molecular weight is 282 g/mol. The summed E-state index contributed by atoms with van der Waals surface area (Å²) in [5.41, 5.74) is -1.08. The monoisotopic (exact) mass is 282 g/mol. The molecule has 112 valence electrons. The average Bonchev–Trinajstić information content (AvgIpc) is 3.09. The Hall–Kier alpha value is -0.820. The minimum Gasteiger partial charge on any atom is -0.480 e. The Balaban J connectivity index is 2.42. The lowest BCUT2D eigenvalue weighted by molar-refractivity contribution is -0.149. The van der Waals surface area contributed by atoms with Gasteiger partial charge in [-0.3, -0.25) is 9.69 Å². The summed E-state index contributed by atoms with van der Waals surface area (Å²) < 4.78 is 37.2. The van der Waals surface area contributed by atoms with E-state index in [4.69, 9.17) is 5.11 Å². The van der Waals surface area contributed by atoms with Crippen LogP contribution >= 0.6 is 0 Å². The van der Waals surface area contributed by atoms with Crippen molar-refractivity contribution in [2.45, 2.75) is 50.4 Å². The van der Waals surface area contributed by atoms with Crippen LogP contribution in [-0.4, -0.2) is 53.9 Å². The van der Waals surface area contributed by atoms with Crippen molar-refractivity contribution in [2.24, 2.45) is 0 Å². The van der Waals surface area contributed by atoms with Crippen LogP contribution in [0.1, 0.15) is 32.6 Å². The second kappa shape index (κ2) is 6.09. The van der Waals surface area contributed by atoms with Crippen LogP contribution in [0.5, 0.6) is 0 Å². The molecule has 0 saturated heterocycles. The largest absolute Gasteiger partial charge is 0.480 e. The van der Waals surface area contributed by atoms with Gasteiger partial charge >= 0.3 is 12.1 Å². The number of likely N-dealkylation sites (N-methyl/N-ethyl adjacent to an activating group) is 1. The normalized spacial score (nSPS) is 19.5. The Morgan fingerprint density at radius 3 is 2.37 bits per heavy atom. The van der Waals surface area contributed by atoms with E-state index in [-0.39, 0.29) is 12.6 Å². The number of aliphatic carboxylic acids is 1. The lowest BCUT2D eigenvalue weighted by Crippen LogP contribution is -2.48. The zero-order chi connectivity index (χ0) is 14.7. The third-order valence-electron chi connectivity index (χ3n) is 3.59. The summed E-state index contributed by atoms with van der Waals surface area (Å²) >= 11 is 0. The predicted molar refractivity (Wildman–Crippen MR) is 65.0 cm³/mol. The van der Waals surface area contributed by atoms with E-state index in [2.05, 4.69) is 5.32 Å². The molecule has 0 bridgehead atoms. The number of carboxylic acid groups (broad SMARTS) is 1. The van der Waals surface area contributed by atoms with Gasteiger partial charge in [0.05, 0.1) is 6.54 Å². The first-order valence-electron chi connectivity index (χ1n) is 6.41. The molecule has 19 heavy (non-hydrogen) atoms. The Bertz CT molecular complexity index is 319. The number of hydrogen-bond acceptors (Lipinski definition) is 3. The molecule has 0 aromatic rings. The van der Waals surface area contributed by atoms with E-state index in [0.29, 0.717) is 12.8 Å². The Morgan fingerprint density at radius 1 is 1.42 bits per heavy atom. The maximum Gasteiger partial charge on any atom is 0.401 e. The summed E-state index contributed by atoms with van der Waals surface area (Å²) in [6.45, 7) is 0.927. The minimum absolute atomic E-state index is 0.0206. The zero-order valence-corrected chi connectivity index (χ0v) is 11.3. The van der Waals surface area contributed by atoms with Gasteiger partial charge in [0.25, 0.3) is 0 Å². The number of nitrogens with one attached hydrogen (secondary N) is 1. The standard InChI is InChI=1S/C12H21F3N2O2/c1-11(16-2,10(18)19)6-3-7-17(9-4-5-9)8-12(13,14)15/h9,16H,3-8H2,1-2H3,(H,18,19). The second-order valence-electron chi connectivity index (χ2n) is 5.31. The highest BCUT2D eigenvalue weighted by molar-refractivity contribution is 5.78. The quantitative estimate of drug-likeness (QED) is 0.713. The van der Waals surface area contributed by atoms with E-state index in [9.17, 15) is 18.0 Å². The first-order valence-corrected chi connectivity index (χ1v) is 6.41. The van der Waals surface area contributed by atoms with Gasteiger partial charge in [-0.05, 0) is 46.2 Å². The van der Waals surface area contributed by atoms with Crippen LogP contribution in [0.2, 0.25) is 0 Å². The molecule has 4 nitrogen and oxygen atoms in total. The smallest absolute Gasteiger partial charge is 0.401 e. The van der Waals surface area contributed by atoms with E-state index >= 15 is 0 Å². The summed E-state index contributed by atoms with van der Waals surface area (Å²) in [5, 5.41) is 11.8. The van der Waals surface area contributed by atoms with Crippen molar-refractivity contribution in [3.63, 3.8) is 0 Å². The molecule has 0 radical (unpaired) electrons. The van der Waals surface area contributed by atoms with Gasteiger partial charge in [0.1, 0.15) is 5.54 Å². The van der Waals surface area contributed by atoms with Crippen molar-refractivity contribution in [3.8, 4) is 0 Å². The van der Waals surface area contributed by atoms with E-state index < -0.39 is 24.2 Å². The molecule has 7 heteroatoms. The van der Waals surface area contributed by atoms with Crippen molar-refractivity contribution in [1.29, 1.82) is 0 Å². The molecule has 0 aliphatic heterocycles. The van der Waals surface area contributed by atoms with E-state index in [1.54, 1.807) is 14.0 Å². The summed E-state index contributed by atoms with van der Waals surface area (Å²) in [7, 11) is 1.54. The highest BCUT2D eigenvalue weighted by Crippen LogP contribution is 2.30. The number of rotatable bonds is 8. The van der Waals surface area contributed by atoms with Gasteiger partial charge < -0.3 is 10.4 Å². The van der Waals surface area contributed by atoms with Gasteiger partial charge in [0, 0.05) is 6.04 Å². The van der Waals surface area contributed by atoms with Crippen molar-refractivity contribution >= 4 is 5.97 Å². The fourth-order valence-corrected chi connectivity index (χ4v) is 2.04. The first-order chi connectivity index (χ1) is 8.68. The van der Waals surface area contributed by atoms with Gasteiger partial charge in [-0.15, -0.1) is 0 Å². The van der Waals surface area contributed by atoms with E-state index in [1.165, 1.54) is 4.90 Å². The van der Waals surface area contributed by atoms with Crippen LogP contribution in [0.3, 0.4) is 0 Å². The van der Waals surface area contributed by atoms with Crippen molar-refractivity contribution in [2.75, 3.05) is 20.1 Å². The molecule has 1 unspecified atom stereocenters. The third kappa shape index (κ3) is 5.36. The Morgan fingerprint density at radius 2 is 2.00 bits per heavy atom. The maximum absolute atomic E-state index is 12.4. The van der Waals surface area contributed by atoms with Crippen LogP contribution in [0.15, 0.2) is 0 Å². The maximum atomic E-state index is 12.4. The van der Waals surface area contributed by atoms with Gasteiger partial charge in [-0.2, -0.15) is 13.2 Å². The Kier molecular flexibility index (Phi) is 5.20. The predicted octanol–water partition coefficient (Wildman–Crippen LogP) is 1.86. The number of alkyl halides is 3. The van der Waals surface area contributed by atoms with Gasteiger partial charge in [0.15, 0.2) is 0 Å². The molecule has 1 aliphatic carbocycles. The van der Waals surface area contributed by atoms with Crippen LogP contribution in [-0.2, 0) is 4.79 Å². The summed E-state index contributed by atoms with van der Waals surface area (Å²) in [6.07, 6.45) is -1.85. The molecule has 1 saturated carbocycles. The topological polar surface area (TPSA) is 52.6 Å². The molecule has 1 atom stereocenters. The lowest BCUT2D eigenvalue weighted by atomic mass is 9.96. The number of nitrogens with zero attached hydrogens (tertiary/aromatic N) is 1. The molecule has 0 amide bonds. The van der Waals surface area contributed by atoms with Crippen LogP contribution in [0, 0.1) is 0 Å². The fraction of sp³-hybridized carbons (Fsp3) is 0.917. The fourth-order valence-electron chi connectivity index (χ4n) is 2.04. The van der Waals surface area contributed by atoms with Crippen molar-refractivity contribution in [3.05, 3.63) is 0 Å². The first kappa shape index (κ1) is 16.2. The van der Waals surface area contributed by atoms with Gasteiger partial charge in [-0.25, -0.2) is 0 Å². The molecule has 0 heterocycles. The number of halogens is 3. The highest BCUT2D eigenvalue weighted by Gasteiger charge is 2.38. The van der Waals surface area contributed by atoms with Crippen LogP contribution < -0.4 is 5.32 Å². The minimum atomic E-state index is -4.19. The van der Waals surface area contributed by atoms with Crippen molar-refractivity contribution in [1.82, 2.24) is 10.2 Å². The van der Waals surface area contributed by atoms with Crippen LogP contribution in [0.25, 0.3) is 0 Å². The third-order valence-corrected chi connectivity index (χ3v) is 3.59. The zero-order valence-electron chi connectivity index (χ0n) is 11.3. The SMILES string of the molecule is CNC(C)(CCCN(CC(F)(F)F)C1CC1)C(=O)O. The van der Waals surface area contributed by atoms with Crippen LogP contribution in [0.4, 0.5) is 13.2 Å². The second-order valence-corrected chi connectivity index (χ2v) is 5.31. The molecular weight excluding hydrogens is 261 g/mol. The summed E-state index contributed by atoms with van der Waals surface area (Å²) in [4.78, 5) is 12.5. The molecule has 0 aromatic heterocycles. The van der Waals surface area contributed by atoms with E-state index in [0.717, 1.165) is 12.8 Å². The molecule has 2 N–H and O–H groups in total.